The number of nitrogens with one attached hydrogen (secondary N) is 1. The number of aromatic nitrogens is 4. The van der Waals surface area contributed by atoms with Gasteiger partial charge < -0.3 is 10.4 Å². The summed E-state index contributed by atoms with van der Waals surface area (Å²) < 4.78 is 1.28. The summed E-state index contributed by atoms with van der Waals surface area (Å²) >= 11 is 0. The van der Waals surface area contributed by atoms with E-state index in [0.717, 1.165) is 18.5 Å². The Labute approximate surface area is 161 Å². The Morgan fingerprint density at radius 1 is 1.32 bits per heavy atom. The van der Waals surface area contributed by atoms with Crippen LogP contribution in [-0.2, 0) is 11.3 Å². The molecule has 3 aromatic heterocycles. The lowest BCUT2D eigenvalue weighted by Crippen LogP contribution is -2.46. The van der Waals surface area contributed by atoms with Crippen molar-refractivity contribution in [3.63, 3.8) is 0 Å². The summed E-state index contributed by atoms with van der Waals surface area (Å²) in [4.78, 5) is 38.0. The number of Topliss-reactive ketones (excluding diaryl/α,β-unsaturated/α-hetero) is 1. The number of aliphatic hydroxyl groups excluding tert-OH is 1. The number of ketones is 1. The fourth-order valence-corrected chi connectivity index (χ4v) is 3.47. The zero-order chi connectivity index (χ0) is 19.5. The van der Waals surface area contributed by atoms with E-state index in [1.165, 1.54) is 10.9 Å². The largest absolute Gasteiger partial charge is 0.391 e. The highest BCUT2D eigenvalue weighted by atomic mass is 16.3. The van der Waals surface area contributed by atoms with Gasteiger partial charge in [-0.1, -0.05) is 0 Å². The van der Waals surface area contributed by atoms with E-state index in [9.17, 15) is 14.7 Å². The normalized spacial score (nSPS) is 19.6. The Kier molecular flexibility index (Phi) is 5.23. The standard InChI is InChI=1S/C20H21N5O3/c26-14(9-17-18(27)4-2-8-22-17)11-25-12-23-16-6-5-15(24-19(16)20(25)28)13-3-1-7-21-10-13/h1,3,5-7,10,12,17-18,22,27H,2,4,8-9,11H2/t17-,18+/m1/s1. The van der Waals surface area contributed by atoms with E-state index < -0.39 is 6.10 Å². The smallest absolute Gasteiger partial charge is 0.280 e. The summed E-state index contributed by atoms with van der Waals surface area (Å²) in [6.45, 7) is 0.693. The molecule has 28 heavy (non-hydrogen) atoms. The number of rotatable bonds is 5. The van der Waals surface area contributed by atoms with Crippen LogP contribution in [0.25, 0.3) is 22.3 Å². The first-order valence-corrected chi connectivity index (χ1v) is 9.31. The molecule has 0 spiro atoms. The van der Waals surface area contributed by atoms with Gasteiger partial charge in [0.1, 0.15) is 0 Å². The summed E-state index contributed by atoms with van der Waals surface area (Å²) in [5.41, 5.74) is 1.75. The highest BCUT2D eigenvalue weighted by Gasteiger charge is 2.25. The van der Waals surface area contributed by atoms with Crippen molar-refractivity contribution < 1.29 is 9.90 Å². The average molecular weight is 379 g/mol. The predicted molar refractivity (Wildman–Crippen MR) is 104 cm³/mol. The van der Waals surface area contributed by atoms with Crippen LogP contribution in [-0.4, -0.2) is 49.1 Å². The number of fused-ring (bicyclic) bond motifs is 1. The third-order valence-electron chi connectivity index (χ3n) is 4.97. The molecule has 4 rings (SSSR count). The maximum absolute atomic E-state index is 12.8. The molecule has 8 nitrogen and oxygen atoms in total. The van der Waals surface area contributed by atoms with Crippen molar-refractivity contribution in [1.82, 2.24) is 24.8 Å². The van der Waals surface area contributed by atoms with Gasteiger partial charge in [-0.05, 0) is 43.7 Å². The van der Waals surface area contributed by atoms with Gasteiger partial charge in [-0.2, -0.15) is 0 Å². The van der Waals surface area contributed by atoms with Gasteiger partial charge in [0.05, 0.1) is 30.2 Å². The van der Waals surface area contributed by atoms with Gasteiger partial charge in [0, 0.05) is 30.4 Å². The lowest BCUT2D eigenvalue weighted by molar-refractivity contribution is -0.121. The molecule has 2 atom stereocenters. The molecule has 0 bridgehead atoms. The van der Waals surface area contributed by atoms with Crippen molar-refractivity contribution in [3.8, 4) is 11.3 Å². The molecule has 1 fully saturated rings. The Morgan fingerprint density at radius 3 is 3.00 bits per heavy atom. The van der Waals surface area contributed by atoms with Gasteiger partial charge in [-0.15, -0.1) is 0 Å². The lowest BCUT2D eigenvalue weighted by atomic mass is 9.97. The van der Waals surface area contributed by atoms with Crippen molar-refractivity contribution in [1.29, 1.82) is 0 Å². The number of nitrogens with zero attached hydrogens (tertiary/aromatic N) is 4. The van der Waals surface area contributed by atoms with Crippen LogP contribution in [0.3, 0.4) is 0 Å². The van der Waals surface area contributed by atoms with Crippen LogP contribution in [0, 0.1) is 0 Å². The Balaban J connectivity index is 1.58. The van der Waals surface area contributed by atoms with E-state index in [-0.39, 0.29) is 35.9 Å². The van der Waals surface area contributed by atoms with E-state index in [4.69, 9.17) is 0 Å². The molecule has 8 heteroatoms. The first-order valence-electron chi connectivity index (χ1n) is 9.31. The highest BCUT2D eigenvalue weighted by molar-refractivity contribution is 5.80. The molecule has 0 radical (unpaired) electrons. The first-order chi connectivity index (χ1) is 13.6. The van der Waals surface area contributed by atoms with Gasteiger partial charge >= 0.3 is 0 Å². The van der Waals surface area contributed by atoms with Crippen LogP contribution in [0.2, 0.25) is 0 Å². The monoisotopic (exact) mass is 379 g/mol. The van der Waals surface area contributed by atoms with E-state index >= 15 is 0 Å². The molecule has 1 saturated heterocycles. The molecule has 1 aliphatic heterocycles. The fraction of sp³-hybridized carbons (Fsp3) is 0.350. The number of piperidine rings is 1. The Morgan fingerprint density at radius 2 is 2.21 bits per heavy atom. The van der Waals surface area contributed by atoms with E-state index in [1.807, 2.05) is 6.07 Å². The Bertz CT molecular complexity index is 1050. The van der Waals surface area contributed by atoms with Crippen LogP contribution < -0.4 is 10.9 Å². The summed E-state index contributed by atoms with van der Waals surface area (Å²) in [5, 5.41) is 13.2. The summed E-state index contributed by atoms with van der Waals surface area (Å²) in [6, 6.07) is 6.93. The SMILES string of the molecule is O=C(C[C@H]1NCCC[C@@H]1O)Cn1cnc2ccc(-c3cccnc3)nc2c1=O. The van der Waals surface area contributed by atoms with Gasteiger partial charge in [-0.3, -0.25) is 19.1 Å². The molecule has 0 saturated carbocycles. The second-order valence-electron chi connectivity index (χ2n) is 7.00. The number of hydrogen-bond acceptors (Lipinski definition) is 7. The molecule has 0 aromatic carbocycles. The zero-order valence-corrected chi connectivity index (χ0v) is 15.3. The molecule has 2 N–H and O–H groups in total. The third-order valence-corrected chi connectivity index (χ3v) is 4.97. The zero-order valence-electron chi connectivity index (χ0n) is 15.3. The molecule has 4 heterocycles. The molecule has 144 valence electrons. The maximum Gasteiger partial charge on any atom is 0.280 e. The van der Waals surface area contributed by atoms with Crippen LogP contribution in [0.4, 0.5) is 0 Å². The minimum atomic E-state index is -0.534. The molecule has 0 amide bonds. The number of aliphatic hydroxyl groups is 1. The molecule has 0 unspecified atom stereocenters. The van der Waals surface area contributed by atoms with Crippen molar-refractivity contribution in [3.05, 3.63) is 53.3 Å². The molecule has 0 aliphatic carbocycles. The van der Waals surface area contributed by atoms with Gasteiger partial charge in [-0.25, -0.2) is 9.97 Å². The maximum atomic E-state index is 12.8. The fourth-order valence-electron chi connectivity index (χ4n) is 3.47. The summed E-state index contributed by atoms with van der Waals surface area (Å²) in [6.07, 6.45) is 5.94. The van der Waals surface area contributed by atoms with E-state index in [0.29, 0.717) is 17.6 Å². The van der Waals surface area contributed by atoms with Crippen LogP contribution >= 0.6 is 0 Å². The van der Waals surface area contributed by atoms with Crippen molar-refractivity contribution in [2.75, 3.05) is 6.54 Å². The predicted octanol–water partition coefficient (Wildman–Crippen LogP) is 0.926. The second-order valence-corrected chi connectivity index (χ2v) is 7.00. The van der Waals surface area contributed by atoms with E-state index in [1.54, 1.807) is 30.6 Å². The van der Waals surface area contributed by atoms with Crippen LogP contribution in [0.15, 0.2) is 47.8 Å². The number of pyridine rings is 2. The minimum absolute atomic E-state index is 0.0918. The van der Waals surface area contributed by atoms with Crippen molar-refractivity contribution >= 4 is 16.8 Å². The number of hydrogen-bond donors (Lipinski definition) is 2. The summed E-state index contributed by atoms with van der Waals surface area (Å²) in [5.74, 6) is -0.134. The van der Waals surface area contributed by atoms with E-state index in [2.05, 4.69) is 20.3 Å². The topological polar surface area (TPSA) is 110 Å². The van der Waals surface area contributed by atoms with Gasteiger partial charge in [0.25, 0.3) is 5.56 Å². The van der Waals surface area contributed by atoms with Gasteiger partial charge in [0.15, 0.2) is 11.3 Å². The number of carbonyl (C=O) groups excluding carboxylic acids is 1. The summed E-state index contributed by atoms with van der Waals surface area (Å²) in [7, 11) is 0. The first kappa shape index (κ1) is 18.4. The Hall–Kier alpha value is -2.97. The second kappa shape index (κ2) is 7.95. The third kappa shape index (κ3) is 3.83. The molecule has 1 aliphatic rings. The van der Waals surface area contributed by atoms with Crippen LogP contribution in [0.1, 0.15) is 19.3 Å². The quantitative estimate of drug-likeness (QED) is 0.678. The molecule has 3 aromatic rings. The van der Waals surface area contributed by atoms with Gasteiger partial charge in [0.2, 0.25) is 0 Å². The minimum Gasteiger partial charge on any atom is -0.391 e. The molecular formula is C20H21N5O3. The lowest BCUT2D eigenvalue weighted by Gasteiger charge is -2.28. The van der Waals surface area contributed by atoms with Crippen molar-refractivity contribution in [2.45, 2.75) is 38.0 Å². The average Bonchev–Trinajstić information content (AvgIpc) is 2.72. The van der Waals surface area contributed by atoms with Crippen molar-refractivity contribution in [2.24, 2.45) is 0 Å². The molecular weight excluding hydrogens is 358 g/mol. The highest BCUT2D eigenvalue weighted by Crippen LogP contribution is 2.17. The van der Waals surface area contributed by atoms with Crippen LogP contribution in [0.5, 0.6) is 0 Å². The number of carbonyl (C=O) groups is 1.